The molecule has 0 unspecified atom stereocenters. The highest BCUT2D eigenvalue weighted by molar-refractivity contribution is 5.89. The van der Waals surface area contributed by atoms with E-state index >= 15 is 0 Å². The van der Waals surface area contributed by atoms with Crippen LogP contribution in [0.3, 0.4) is 0 Å². The zero-order chi connectivity index (χ0) is 16.8. The summed E-state index contributed by atoms with van der Waals surface area (Å²) >= 11 is 0. The number of ether oxygens (including phenoxy) is 2. The van der Waals surface area contributed by atoms with Crippen molar-refractivity contribution in [3.63, 3.8) is 0 Å². The predicted molar refractivity (Wildman–Crippen MR) is 77.4 cm³/mol. The highest BCUT2D eigenvalue weighted by Gasteiger charge is 2.59. The first-order valence-corrected chi connectivity index (χ1v) is 7.46. The first-order chi connectivity index (χ1) is 11.5. The number of carbonyl (C=O) groups excluding carboxylic acids is 2. The van der Waals surface area contributed by atoms with Crippen molar-refractivity contribution in [3.05, 3.63) is 71.3 Å². The maximum Gasteiger partial charge on any atom is 0.314 e. The molecule has 2 fully saturated rings. The van der Waals surface area contributed by atoms with Gasteiger partial charge in [-0.05, 0) is 35.4 Å². The second-order valence-corrected chi connectivity index (χ2v) is 5.87. The quantitative estimate of drug-likeness (QED) is 0.794. The highest BCUT2D eigenvalue weighted by atomic mass is 19.1. The Balaban J connectivity index is 1.68. The normalized spacial score (nSPS) is 28.4. The number of rotatable bonds is 2. The molecule has 4 rings (SSSR count). The Hall–Kier alpha value is -2.76. The summed E-state index contributed by atoms with van der Waals surface area (Å²) in [5, 5.41) is 0. The molecule has 2 heterocycles. The Morgan fingerprint density at radius 2 is 0.958 bits per heavy atom. The lowest BCUT2D eigenvalue weighted by molar-refractivity contribution is -0.154. The first-order valence-electron chi connectivity index (χ1n) is 7.46. The molecule has 0 bridgehead atoms. The lowest BCUT2D eigenvalue weighted by atomic mass is 9.84. The third-order valence-corrected chi connectivity index (χ3v) is 4.47. The van der Waals surface area contributed by atoms with Crippen LogP contribution in [0.2, 0.25) is 0 Å². The van der Waals surface area contributed by atoms with Crippen LogP contribution in [-0.4, -0.2) is 11.9 Å². The van der Waals surface area contributed by atoms with E-state index in [1.54, 1.807) is 0 Å². The van der Waals surface area contributed by atoms with Gasteiger partial charge in [0.15, 0.2) is 0 Å². The van der Waals surface area contributed by atoms with Crippen molar-refractivity contribution in [2.75, 3.05) is 0 Å². The fourth-order valence-electron chi connectivity index (χ4n) is 3.33. The molecule has 2 saturated heterocycles. The van der Waals surface area contributed by atoms with E-state index in [4.69, 9.17) is 9.47 Å². The zero-order valence-electron chi connectivity index (χ0n) is 12.3. The van der Waals surface area contributed by atoms with Gasteiger partial charge in [0.2, 0.25) is 0 Å². The summed E-state index contributed by atoms with van der Waals surface area (Å²) in [7, 11) is 0. The first kappa shape index (κ1) is 14.8. The van der Waals surface area contributed by atoms with Crippen LogP contribution in [0.1, 0.15) is 23.3 Å². The molecule has 0 radical (unpaired) electrons. The van der Waals surface area contributed by atoms with Crippen LogP contribution < -0.4 is 0 Å². The lowest BCUT2D eigenvalue weighted by Crippen LogP contribution is -2.19. The van der Waals surface area contributed by atoms with Gasteiger partial charge in [-0.25, -0.2) is 8.78 Å². The van der Waals surface area contributed by atoms with E-state index in [0.717, 1.165) is 0 Å². The molecule has 2 aliphatic rings. The molecule has 0 amide bonds. The summed E-state index contributed by atoms with van der Waals surface area (Å²) in [6.45, 7) is 0. The van der Waals surface area contributed by atoms with Crippen LogP contribution >= 0.6 is 0 Å². The minimum atomic E-state index is -0.805. The van der Waals surface area contributed by atoms with Crippen LogP contribution in [0.15, 0.2) is 48.5 Å². The molecule has 2 aliphatic heterocycles. The van der Waals surface area contributed by atoms with E-state index in [0.29, 0.717) is 11.1 Å². The van der Waals surface area contributed by atoms with Crippen molar-refractivity contribution < 1.29 is 27.8 Å². The van der Waals surface area contributed by atoms with Crippen molar-refractivity contribution in [1.82, 2.24) is 0 Å². The van der Waals surface area contributed by atoms with E-state index in [-0.39, 0.29) is 0 Å². The van der Waals surface area contributed by atoms with Gasteiger partial charge in [-0.2, -0.15) is 0 Å². The molecule has 24 heavy (non-hydrogen) atoms. The monoisotopic (exact) mass is 330 g/mol. The fraction of sp³-hybridized carbons (Fsp3) is 0.222. The molecule has 0 saturated carbocycles. The molecule has 0 aliphatic carbocycles. The zero-order valence-corrected chi connectivity index (χ0v) is 12.3. The summed E-state index contributed by atoms with van der Waals surface area (Å²) < 4.78 is 36.9. The number of esters is 2. The van der Waals surface area contributed by atoms with E-state index in [1.807, 2.05) is 0 Å². The molecule has 4 nitrogen and oxygen atoms in total. The number of halogens is 2. The van der Waals surface area contributed by atoms with Crippen molar-refractivity contribution in [2.45, 2.75) is 12.2 Å². The maximum absolute atomic E-state index is 13.1. The largest absolute Gasteiger partial charge is 0.456 e. The highest BCUT2D eigenvalue weighted by Crippen LogP contribution is 2.51. The molecule has 0 spiro atoms. The lowest BCUT2D eigenvalue weighted by Gasteiger charge is -2.14. The van der Waals surface area contributed by atoms with E-state index in [1.165, 1.54) is 48.5 Å². The maximum atomic E-state index is 13.1. The van der Waals surface area contributed by atoms with E-state index in [9.17, 15) is 18.4 Å². The number of carbonyl (C=O) groups is 2. The Labute approximate surface area is 136 Å². The predicted octanol–water partition coefficient (Wildman–Crippen LogP) is 3.09. The summed E-state index contributed by atoms with van der Waals surface area (Å²) in [6.07, 6.45) is -1.61. The van der Waals surface area contributed by atoms with Crippen molar-refractivity contribution in [2.24, 2.45) is 11.8 Å². The summed E-state index contributed by atoms with van der Waals surface area (Å²) in [5.74, 6) is -3.52. The summed E-state index contributed by atoms with van der Waals surface area (Å²) in [6, 6.07) is 10.9. The Morgan fingerprint density at radius 1 is 0.625 bits per heavy atom. The Kier molecular flexibility index (Phi) is 3.33. The average molecular weight is 330 g/mol. The Morgan fingerprint density at radius 3 is 1.29 bits per heavy atom. The molecule has 2 aromatic rings. The van der Waals surface area contributed by atoms with Gasteiger partial charge >= 0.3 is 11.9 Å². The molecular formula is C18H12F2O4. The van der Waals surface area contributed by atoms with Gasteiger partial charge in [-0.1, -0.05) is 24.3 Å². The second-order valence-electron chi connectivity index (χ2n) is 5.87. The molecule has 2 aromatic carbocycles. The van der Waals surface area contributed by atoms with Gasteiger partial charge in [0, 0.05) is 0 Å². The van der Waals surface area contributed by atoms with Crippen LogP contribution in [0.25, 0.3) is 0 Å². The summed E-state index contributed by atoms with van der Waals surface area (Å²) in [4.78, 5) is 24.6. The number of hydrogen-bond donors (Lipinski definition) is 0. The number of fused-ring (bicyclic) bond motifs is 1. The van der Waals surface area contributed by atoms with Gasteiger partial charge in [-0.3, -0.25) is 9.59 Å². The van der Waals surface area contributed by atoms with Gasteiger partial charge in [0.05, 0.1) is 0 Å². The SMILES string of the molecule is O=C1O[C@H](c2ccc(F)cc2)[C@H]2C(=O)O[C@H](c3ccc(F)cc3)[C@@H]12. The fourth-order valence-corrected chi connectivity index (χ4v) is 3.33. The Bertz CT molecular complexity index is 731. The topological polar surface area (TPSA) is 52.6 Å². The van der Waals surface area contributed by atoms with Crippen LogP contribution in [0.5, 0.6) is 0 Å². The van der Waals surface area contributed by atoms with Gasteiger partial charge < -0.3 is 9.47 Å². The molecule has 122 valence electrons. The third kappa shape index (κ3) is 2.26. The van der Waals surface area contributed by atoms with Crippen molar-refractivity contribution in [3.8, 4) is 0 Å². The van der Waals surface area contributed by atoms with E-state index < -0.39 is 47.6 Å². The number of benzene rings is 2. The smallest absolute Gasteiger partial charge is 0.314 e. The van der Waals surface area contributed by atoms with Crippen molar-refractivity contribution >= 4 is 11.9 Å². The standard InChI is InChI=1S/C18H12F2O4/c19-11-5-1-9(2-6-11)15-13-14(18(22)23-15)16(24-17(13)21)10-3-7-12(20)8-4-10/h1-8,13-16H/t13-,14-,15+,16+/m0/s1. The van der Waals surface area contributed by atoms with Crippen LogP contribution in [0.4, 0.5) is 8.78 Å². The van der Waals surface area contributed by atoms with Crippen LogP contribution in [-0.2, 0) is 19.1 Å². The third-order valence-electron chi connectivity index (χ3n) is 4.47. The number of cyclic esters (lactones) is 2. The number of hydrogen-bond acceptors (Lipinski definition) is 4. The van der Waals surface area contributed by atoms with Crippen LogP contribution in [0, 0.1) is 23.5 Å². The van der Waals surface area contributed by atoms with E-state index in [2.05, 4.69) is 0 Å². The summed E-state index contributed by atoms with van der Waals surface area (Å²) in [5.41, 5.74) is 1.07. The second kappa shape index (κ2) is 5.40. The minimum absolute atomic E-state index is 0.419. The van der Waals surface area contributed by atoms with Gasteiger partial charge in [0.1, 0.15) is 35.7 Å². The molecule has 0 aromatic heterocycles. The molecule has 4 atom stereocenters. The van der Waals surface area contributed by atoms with Gasteiger partial charge in [-0.15, -0.1) is 0 Å². The molecular weight excluding hydrogens is 318 g/mol. The van der Waals surface area contributed by atoms with Crippen molar-refractivity contribution in [1.29, 1.82) is 0 Å². The average Bonchev–Trinajstić information content (AvgIpc) is 3.08. The van der Waals surface area contributed by atoms with Gasteiger partial charge in [0.25, 0.3) is 0 Å². The minimum Gasteiger partial charge on any atom is -0.456 e. The molecule has 0 N–H and O–H groups in total. The molecule has 6 heteroatoms.